The van der Waals surface area contributed by atoms with Gasteiger partial charge in [0.25, 0.3) is 0 Å². The fourth-order valence-corrected chi connectivity index (χ4v) is 8.31. The molecular formula is C36H20OS2. The summed E-state index contributed by atoms with van der Waals surface area (Å²) in [6, 6.07) is 44.0. The van der Waals surface area contributed by atoms with E-state index in [1.807, 2.05) is 23.1 Å². The second-order valence-corrected chi connectivity index (χ2v) is 12.2. The van der Waals surface area contributed by atoms with Crippen LogP contribution in [-0.2, 0) is 0 Å². The van der Waals surface area contributed by atoms with Gasteiger partial charge in [-0.1, -0.05) is 90.6 Å². The number of hydrogen-bond acceptors (Lipinski definition) is 3. The van der Waals surface area contributed by atoms with Gasteiger partial charge in [-0.3, -0.25) is 0 Å². The van der Waals surface area contributed by atoms with Gasteiger partial charge in [0.15, 0.2) is 0 Å². The first-order valence-corrected chi connectivity index (χ1v) is 14.7. The summed E-state index contributed by atoms with van der Waals surface area (Å²) >= 11 is 3.73. The molecule has 0 bridgehead atoms. The molecule has 1 aliphatic heterocycles. The van der Waals surface area contributed by atoms with Crippen LogP contribution in [-0.4, -0.2) is 0 Å². The lowest BCUT2D eigenvalue weighted by Gasteiger charge is -2.20. The van der Waals surface area contributed by atoms with Crippen LogP contribution in [0.3, 0.4) is 0 Å². The van der Waals surface area contributed by atoms with Gasteiger partial charge in [-0.15, -0.1) is 11.3 Å². The Bertz CT molecular complexity index is 2260. The van der Waals surface area contributed by atoms with Crippen molar-refractivity contribution in [3.8, 4) is 32.0 Å². The number of thiophene rings is 1. The van der Waals surface area contributed by atoms with Crippen molar-refractivity contribution in [3.63, 3.8) is 0 Å². The van der Waals surface area contributed by atoms with Crippen LogP contribution in [0.2, 0.25) is 0 Å². The third kappa shape index (κ3) is 3.15. The summed E-state index contributed by atoms with van der Waals surface area (Å²) in [5.41, 5.74) is 7.02. The molecule has 2 aromatic heterocycles. The Kier molecular flexibility index (Phi) is 4.48. The van der Waals surface area contributed by atoms with Crippen molar-refractivity contribution in [1.29, 1.82) is 0 Å². The predicted molar refractivity (Wildman–Crippen MR) is 167 cm³/mol. The summed E-state index contributed by atoms with van der Waals surface area (Å²) in [4.78, 5) is 5.20. The van der Waals surface area contributed by atoms with Crippen molar-refractivity contribution in [2.75, 3.05) is 0 Å². The average molecular weight is 533 g/mol. The van der Waals surface area contributed by atoms with Crippen molar-refractivity contribution < 1.29 is 4.42 Å². The summed E-state index contributed by atoms with van der Waals surface area (Å²) in [5, 5.41) is 7.54. The Labute approximate surface area is 233 Å². The molecule has 0 atom stereocenters. The van der Waals surface area contributed by atoms with Crippen molar-refractivity contribution in [1.82, 2.24) is 0 Å². The Morgan fingerprint density at radius 1 is 0.462 bits per heavy atom. The van der Waals surface area contributed by atoms with Crippen molar-refractivity contribution >= 4 is 66.6 Å². The Morgan fingerprint density at radius 3 is 2.23 bits per heavy atom. The number of fused-ring (bicyclic) bond motifs is 7. The van der Waals surface area contributed by atoms with E-state index >= 15 is 0 Å². The van der Waals surface area contributed by atoms with Crippen LogP contribution in [0.15, 0.2) is 136 Å². The molecule has 9 rings (SSSR count). The normalized spacial score (nSPS) is 12.5. The molecule has 3 heterocycles. The SMILES string of the molecule is c1cc2c3c(cccc3c1)-c1cc(-c3ccc(-c4cccc5oc6ccc7ccccc7c6c45)s3)ccc1S2. The van der Waals surface area contributed by atoms with Crippen molar-refractivity contribution in [2.45, 2.75) is 9.79 Å². The molecule has 0 aliphatic carbocycles. The molecule has 0 saturated heterocycles. The first kappa shape index (κ1) is 21.6. The van der Waals surface area contributed by atoms with Crippen molar-refractivity contribution in [3.05, 3.63) is 121 Å². The van der Waals surface area contributed by atoms with Crippen LogP contribution in [0.25, 0.3) is 75.5 Å². The quantitative estimate of drug-likeness (QED) is 0.220. The molecular weight excluding hydrogens is 513 g/mol. The zero-order chi connectivity index (χ0) is 25.5. The average Bonchev–Trinajstić information content (AvgIpc) is 3.63. The van der Waals surface area contributed by atoms with Gasteiger partial charge in [0.1, 0.15) is 11.2 Å². The summed E-state index contributed by atoms with van der Waals surface area (Å²) < 4.78 is 6.33. The lowest BCUT2D eigenvalue weighted by molar-refractivity contribution is 0.669. The lowest BCUT2D eigenvalue weighted by Crippen LogP contribution is -1.93. The summed E-state index contributed by atoms with van der Waals surface area (Å²) in [7, 11) is 0. The second-order valence-electron chi connectivity index (χ2n) is 10.1. The number of benzene rings is 6. The largest absolute Gasteiger partial charge is 0.456 e. The molecule has 1 nitrogen and oxygen atoms in total. The number of rotatable bonds is 2. The van der Waals surface area contributed by atoms with E-state index in [1.54, 1.807) is 0 Å². The molecule has 0 fully saturated rings. The molecule has 39 heavy (non-hydrogen) atoms. The van der Waals surface area contributed by atoms with Crippen LogP contribution in [0.4, 0.5) is 0 Å². The van der Waals surface area contributed by atoms with E-state index in [2.05, 4.69) is 121 Å². The van der Waals surface area contributed by atoms with E-state index in [9.17, 15) is 0 Å². The first-order valence-electron chi connectivity index (χ1n) is 13.1. The van der Waals surface area contributed by atoms with Gasteiger partial charge in [0, 0.05) is 41.3 Å². The molecule has 8 aromatic rings. The summed E-state index contributed by atoms with van der Waals surface area (Å²) in [5.74, 6) is 0. The van der Waals surface area contributed by atoms with Gasteiger partial charge in [0.2, 0.25) is 0 Å². The minimum absolute atomic E-state index is 0.936. The Balaban J connectivity index is 1.21. The summed E-state index contributed by atoms with van der Waals surface area (Å²) in [6.45, 7) is 0. The van der Waals surface area contributed by atoms with Crippen molar-refractivity contribution in [2.24, 2.45) is 0 Å². The van der Waals surface area contributed by atoms with E-state index < -0.39 is 0 Å². The molecule has 0 amide bonds. The highest BCUT2D eigenvalue weighted by atomic mass is 32.2. The maximum absolute atomic E-state index is 6.33. The lowest BCUT2D eigenvalue weighted by atomic mass is 9.96. The standard InChI is InChI=1S/C36H20OS2/c1-2-9-24-21(6-1)14-16-29-35(24)36-26(11-5-12-28(36)37-29)31-19-18-30(38-31)23-15-17-32-27(20-23)25-10-3-7-22-8-4-13-33(39-32)34(22)25/h1-20H. The van der Waals surface area contributed by atoms with Crippen LogP contribution >= 0.6 is 23.1 Å². The zero-order valence-corrected chi connectivity index (χ0v) is 22.4. The third-order valence-corrected chi connectivity index (χ3v) is 10.2. The second kappa shape index (κ2) is 8.09. The van der Waals surface area contributed by atoms with Crippen LogP contribution < -0.4 is 0 Å². The minimum atomic E-state index is 0.936. The van der Waals surface area contributed by atoms with E-state index in [1.165, 1.54) is 74.1 Å². The Morgan fingerprint density at radius 2 is 1.26 bits per heavy atom. The topological polar surface area (TPSA) is 13.1 Å². The molecule has 0 spiro atoms. The van der Waals surface area contributed by atoms with Gasteiger partial charge in [-0.2, -0.15) is 0 Å². The minimum Gasteiger partial charge on any atom is -0.456 e. The van der Waals surface area contributed by atoms with E-state index in [-0.39, 0.29) is 0 Å². The highest BCUT2D eigenvalue weighted by Gasteiger charge is 2.20. The van der Waals surface area contributed by atoms with Gasteiger partial charge in [-0.05, 0) is 75.3 Å². The van der Waals surface area contributed by atoms with Gasteiger partial charge in [0.05, 0.1) is 0 Å². The molecule has 0 unspecified atom stereocenters. The smallest absolute Gasteiger partial charge is 0.136 e. The van der Waals surface area contributed by atoms with Crippen LogP contribution in [0.1, 0.15) is 0 Å². The molecule has 0 N–H and O–H groups in total. The van der Waals surface area contributed by atoms with Gasteiger partial charge < -0.3 is 4.42 Å². The zero-order valence-electron chi connectivity index (χ0n) is 20.8. The maximum atomic E-state index is 6.33. The van der Waals surface area contributed by atoms with E-state index in [0.29, 0.717) is 0 Å². The highest BCUT2D eigenvalue weighted by Crippen LogP contribution is 2.50. The third-order valence-electron chi connectivity index (χ3n) is 7.90. The van der Waals surface area contributed by atoms with E-state index in [4.69, 9.17) is 4.42 Å². The molecule has 1 aliphatic rings. The number of furan rings is 1. The fraction of sp³-hybridized carbons (Fsp3) is 0. The molecule has 182 valence electrons. The Hall–Kier alpha value is -4.31. The maximum Gasteiger partial charge on any atom is 0.136 e. The molecule has 0 saturated carbocycles. The van der Waals surface area contributed by atoms with Gasteiger partial charge in [-0.25, -0.2) is 0 Å². The monoisotopic (exact) mass is 532 g/mol. The molecule has 6 aromatic carbocycles. The predicted octanol–water partition coefficient (Wildman–Crippen LogP) is 11.4. The van der Waals surface area contributed by atoms with Crippen LogP contribution in [0.5, 0.6) is 0 Å². The van der Waals surface area contributed by atoms with E-state index in [0.717, 1.165) is 11.2 Å². The highest BCUT2D eigenvalue weighted by molar-refractivity contribution is 7.99. The molecule has 0 radical (unpaired) electrons. The van der Waals surface area contributed by atoms with Gasteiger partial charge >= 0.3 is 0 Å². The summed E-state index contributed by atoms with van der Waals surface area (Å²) in [6.07, 6.45) is 0. The first-order chi connectivity index (χ1) is 19.3. The molecule has 3 heteroatoms. The van der Waals surface area contributed by atoms with Crippen LogP contribution in [0, 0.1) is 0 Å². The fourth-order valence-electron chi connectivity index (χ4n) is 6.15. The number of hydrogen-bond donors (Lipinski definition) is 0.